The molecule has 1 amide bonds. The van der Waals surface area contributed by atoms with E-state index in [0.717, 1.165) is 32.5 Å². The molecule has 3 nitrogen and oxygen atoms in total. The molecule has 1 aliphatic heterocycles. The minimum absolute atomic E-state index is 0.185. The number of carbonyl (C=O) groups excluding carboxylic acids is 1. The number of carbonyl (C=O) groups is 1. The summed E-state index contributed by atoms with van der Waals surface area (Å²) in [5.74, 6) is 0.185. The second-order valence-electron chi connectivity index (χ2n) is 3.16. The molecule has 1 heterocycles. The summed E-state index contributed by atoms with van der Waals surface area (Å²) < 4.78 is 5.47. The molecule has 0 N–H and O–H groups in total. The lowest BCUT2D eigenvalue weighted by molar-refractivity contribution is -0.131. The summed E-state index contributed by atoms with van der Waals surface area (Å²) >= 11 is 0. The third-order valence-electron chi connectivity index (χ3n) is 2.29. The zero-order valence-electron chi connectivity index (χ0n) is 9.88. The monoisotopic (exact) mass is 201 g/mol. The third kappa shape index (κ3) is 4.61. The van der Waals surface area contributed by atoms with Crippen molar-refractivity contribution in [3.05, 3.63) is 0 Å². The molecule has 0 aromatic heterocycles. The number of hydrogen-bond acceptors (Lipinski definition) is 2. The average molecular weight is 201 g/mol. The Morgan fingerprint density at radius 3 is 2.21 bits per heavy atom. The smallest absolute Gasteiger partial charge is 0.219 e. The predicted molar refractivity (Wildman–Crippen MR) is 58.3 cm³/mol. The molecule has 0 aromatic rings. The highest BCUT2D eigenvalue weighted by Gasteiger charge is 2.20. The lowest BCUT2D eigenvalue weighted by atomic mass is 10.1. The molecule has 1 aliphatic rings. The van der Waals surface area contributed by atoms with Crippen LogP contribution in [0.15, 0.2) is 0 Å². The Hall–Kier alpha value is -0.570. The lowest BCUT2D eigenvalue weighted by Crippen LogP contribution is -2.39. The quantitative estimate of drug-likeness (QED) is 0.684. The zero-order valence-corrected chi connectivity index (χ0v) is 9.88. The van der Waals surface area contributed by atoms with Crippen LogP contribution in [0.5, 0.6) is 0 Å². The van der Waals surface area contributed by atoms with Crippen LogP contribution in [0.4, 0.5) is 0 Å². The van der Waals surface area contributed by atoms with Gasteiger partial charge in [0.25, 0.3) is 0 Å². The van der Waals surface area contributed by atoms with Crippen molar-refractivity contribution in [3.63, 3.8) is 0 Å². The van der Waals surface area contributed by atoms with Gasteiger partial charge in [-0.2, -0.15) is 0 Å². The van der Waals surface area contributed by atoms with Crippen LogP contribution >= 0.6 is 0 Å². The molecule has 0 aliphatic carbocycles. The third-order valence-corrected chi connectivity index (χ3v) is 2.29. The number of likely N-dealkylation sites (tertiary alicyclic amines) is 1. The second-order valence-corrected chi connectivity index (χ2v) is 3.16. The maximum absolute atomic E-state index is 10.9. The van der Waals surface area contributed by atoms with Crippen LogP contribution in [-0.4, -0.2) is 36.6 Å². The summed E-state index contributed by atoms with van der Waals surface area (Å²) in [6.45, 7) is 10.1. The van der Waals surface area contributed by atoms with Gasteiger partial charge in [-0.3, -0.25) is 4.79 Å². The summed E-state index contributed by atoms with van der Waals surface area (Å²) in [7, 11) is 0. The zero-order chi connectivity index (χ0) is 11.0. The first-order valence-corrected chi connectivity index (χ1v) is 5.61. The second kappa shape index (κ2) is 7.80. The first kappa shape index (κ1) is 13.4. The molecule has 3 heteroatoms. The number of hydrogen-bond donors (Lipinski definition) is 0. The maximum Gasteiger partial charge on any atom is 0.219 e. The van der Waals surface area contributed by atoms with Crippen LogP contribution in [0.25, 0.3) is 0 Å². The fourth-order valence-electron chi connectivity index (χ4n) is 1.57. The van der Waals surface area contributed by atoms with Gasteiger partial charge in [-0.25, -0.2) is 0 Å². The van der Waals surface area contributed by atoms with Gasteiger partial charge in [-0.1, -0.05) is 13.8 Å². The van der Waals surface area contributed by atoms with Crippen molar-refractivity contribution in [1.29, 1.82) is 0 Å². The number of nitrogens with zero attached hydrogens (tertiary/aromatic N) is 1. The van der Waals surface area contributed by atoms with Gasteiger partial charge in [0.2, 0.25) is 5.91 Å². The van der Waals surface area contributed by atoms with Crippen molar-refractivity contribution in [2.45, 2.75) is 46.6 Å². The summed E-state index contributed by atoms with van der Waals surface area (Å²) in [6, 6.07) is 0. The highest BCUT2D eigenvalue weighted by Crippen LogP contribution is 2.13. The van der Waals surface area contributed by atoms with Crippen LogP contribution in [0.1, 0.15) is 40.5 Å². The summed E-state index contributed by atoms with van der Waals surface area (Å²) in [6.07, 6.45) is 2.37. The molecule has 0 bridgehead atoms. The van der Waals surface area contributed by atoms with Gasteiger partial charge in [0.05, 0.1) is 6.10 Å². The summed E-state index contributed by atoms with van der Waals surface area (Å²) in [4.78, 5) is 12.8. The molecule has 0 atom stereocenters. The Balaban J connectivity index is 0.000000791. The minimum Gasteiger partial charge on any atom is -0.378 e. The Bertz CT molecular complexity index is 151. The van der Waals surface area contributed by atoms with E-state index in [0.29, 0.717) is 6.10 Å². The van der Waals surface area contributed by atoms with Gasteiger partial charge < -0.3 is 9.64 Å². The van der Waals surface area contributed by atoms with E-state index in [9.17, 15) is 4.79 Å². The summed E-state index contributed by atoms with van der Waals surface area (Å²) in [5.41, 5.74) is 0. The van der Waals surface area contributed by atoms with Crippen LogP contribution in [0.3, 0.4) is 0 Å². The Labute approximate surface area is 87.4 Å². The fraction of sp³-hybridized carbons (Fsp3) is 0.909. The molecule has 1 fully saturated rings. The highest BCUT2D eigenvalue weighted by atomic mass is 16.5. The van der Waals surface area contributed by atoms with E-state index >= 15 is 0 Å². The predicted octanol–water partition coefficient (Wildman–Crippen LogP) is 2.06. The number of ether oxygens (including phenoxy) is 1. The van der Waals surface area contributed by atoms with Gasteiger partial charge in [0.15, 0.2) is 0 Å². The van der Waals surface area contributed by atoms with Gasteiger partial charge >= 0.3 is 0 Å². The van der Waals surface area contributed by atoms with E-state index in [1.165, 1.54) is 0 Å². The van der Waals surface area contributed by atoms with Crippen molar-refractivity contribution < 1.29 is 9.53 Å². The van der Waals surface area contributed by atoms with Crippen molar-refractivity contribution >= 4 is 5.91 Å². The van der Waals surface area contributed by atoms with E-state index in [4.69, 9.17) is 4.74 Å². The highest BCUT2D eigenvalue weighted by molar-refractivity contribution is 5.73. The van der Waals surface area contributed by atoms with Crippen molar-refractivity contribution in [1.82, 2.24) is 4.90 Å². The number of amides is 1. The number of piperidine rings is 1. The van der Waals surface area contributed by atoms with Crippen LogP contribution in [0, 0.1) is 0 Å². The first-order chi connectivity index (χ1) is 6.74. The SMILES string of the molecule is CC.CCOC1CCN(C(C)=O)CC1. The van der Waals surface area contributed by atoms with E-state index in [1.54, 1.807) is 6.92 Å². The minimum atomic E-state index is 0.185. The molecule has 0 unspecified atom stereocenters. The van der Waals surface area contributed by atoms with Crippen LogP contribution in [-0.2, 0) is 9.53 Å². The first-order valence-electron chi connectivity index (χ1n) is 5.61. The molecule has 0 radical (unpaired) electrons. The van der Waals surface area contributed by atoms with E-state index < -0.39 is 0 Å². The van der Waals surface area contributed by atoms with E-state index in [1.807, 2.05) is 25.7 Å². The van der Waals surface area contributed by atoms with Crippen molar-refractivity contribution in [3.8, 4) is 0 Å². The molecular weight excluding hydrogens is 178 g/mol. The summed E-state index contributed by atoms with van der Waals surface area (Å²) in [5, 5.41) is 0. The topological polar surface area (TPSA) is 29.5 Å². The van der Waals surface area contributed by atoms with E-state index in [-0.39, 0.29) is 5.91 Å². The van der Waals surface area contributed by atoms with Crippen LogP contribution in [0.2, 0.25) is 0 Å². The average Bonchev–Trinajstić information content (AvgIpc) is 2.22. The standard InChI is InChI=1S/C9H17NO2.C2H6/c1-3-12-9-4-6-10(7-5-9)8(2)11;1-2/h9H,3-7H2,1-2H3;1-2H3. The molecule has 1 saturated heterocycles. The normalized spacial score (nSPS) is 17.3. The Morgan fingerprint density at radius 1 is 1.36 bits per heavy atom. The maximum atomic E-state index is 10.9. The van der Waals surface area contributed by atoms with Gasteiger partial charge in [0, 0.05) is 26.6 Å². The number of rotatable bonds is 2. The Morgan fingerprint density at radius 2 is 1.86 bits per heavy atom. The van der Waals surface area contributed by atoms with Gasteiger partial charge in [0.1, 0.15) is 0 Å². The molecule has 84 valence electrons. The molecular formula is C11H23NO2. The van der Waals surface area contributed by atoms with Gasteiger partial charge in [-0.05, 0) is 19.8 Å². The molecule has 0 saturated carbocycles. The van der Waals surface area contributed by atoms with Crippen molar-refractivity contribution in [2.24, 2.45) is 0 Å². The largest absolute Gasteiger partial charge is 0.378 e. The van der Waals surface area contributed by atoms with E-state index in [2.05, 4.69) is 0 Å². The molecule has 0 aromatic carbocycles. The van der Waals surface area contributed by atoms with Crippen molar-refractivity contribution in [2.75, 3.05) is 19.7 Å². The van der Waals surface area contributed by atoms with Crippen LogP contribution < -0.4 is 0 Å². The van der Waals surface area contributed by atoms with Gasteiger partial charge in [-0.15, -0.1) is 0 Å². The Kier molecular flexibility index (Phi) is 7.48. The lowest BCUT2D eigenvalue weighted by Gasteiger charge is -2.30. The fourth-order valence-corrected chi connectivity index (χ4v) is 1.57. The molecule has 14 heavy (non-hydrogen) atoms. The molecule has 1 rings (SSSR count). The molecule has 0 spiro atoms.